The van der Waals surface area contributed by atoms with E-state index in [-0.39, 0.29) is 12.1 Å². The van der Waals surface area contributed by atoms with Crippen molar-refractivity contribution in [2.24, 2.45) is 5.92 Å². The van der Waals surface area contributed by atoms with E-state index in [1.807, 2.05) is 31.2 Å². The number of aromatic nitrogens is 1. The minimum atomic E-state index is -0.0846. The molecular weight excluding hydrogens is 314 g/mol. The maximum absolute atomic E-state index is 6.03. The van der Waals surface area contributed by atoms with Crippen LogP contribution in [0.2, 0.25) is 0 Å². The Balaban J connectivity index is 1.82. The monoisotopic (exact) mass is 338 g/mol. The summed E-state index contributed by atoms with van der Waals surface area (Å²) in [6.45, 7) is 12.2. The van der Waals surface area contributed by atoms with Crippen LogP contribution < -0.4 is 15.2 Å². The number of fused-ring (bicyclic) bond motifs is 3. The van der Waals surface area contributed by atoms with Crippen molar-refractivity contribution in [1.29, 1.82) is 0 Å². The molecule has 5 nitrogen and oxygen atoms in total. The van der Waals surface area contributed by atoms with E-state index in [2.05, 4.69) is 23.7 Å². The zero-order valence-corrected chi connectivity index (χ0v) is 14.9. The number of nitrogens with two attached hydrogens (primary N) is 1. The fourth-order valence-electron chi connectivity index (χ4n) is 3.11. The number of pyridine rings is 1. The molecular formula is C20H24N3O2+. The number of nitrogen functional groups attached to an aromatic ring is 1. The summed E-state index contributed by atoms with van der Waals surface area (Å²) in [5, 5.41) is 0. The Labute approximate surface area is 148 Å². The van der Waals surface area contributed by atoms with E-state index in [9.17, 15) is 0 Å². The van der Waals surface area contributed by atoms with Gasteiger partial charge in [0.25, 0.3) is 6.57 Å². The smallest absolute Gasteiger partial charge is 0.305 e. The number of hydrogen-bond donors (Lipinski definition) is 1. The Morgan fingerprint density at radius 3 is 2.84 bits per heavy atom. The van der Waals surface area contributed by atoms with Crippen LogP contribution in [0.25, 0.3) is 16.0 Å². The number of nitrogens with zero attached hydrogens (tertiary/aromatic N) is 2. The average molecular weight is 338 g/mol. The topological polar surface area (TPSA) is 61.7 Å². The first-order chi connectivity index (χ1) is 12.0. The lowest BCUT2D eigenvalue weighted by Crippen LogP contribution is -2.17. The molecule has 2 unspecified atom stereocenters. The molecule has 0 spiro atoms. The van der Waals surface area contributed by atoms with Crippen LogP contribution in [0.5, 0.6) is 11.5 Å². The Morgan fingerprint density at radius 1 is 1.32 bits per heavy atom. The molecule has 0 radical (unpaired) electrons. The van der Waals surface area contributed by atoms with Gasteiger partial charge in [-0.1, -0.05) is 18.7 Å². The number of benzene rings is 1. The molecule has 1 aliphatic heterocycles. The molecule has 0 fully saturated rings. The second kappa shape index (κ2) is 7.02. The standard InChI is InChI=1S/C20H24N3O2/c1-12(2)7-14(22-4)11-24-15-5-6-16-17-9-20(21)23-10-18(17)13(3)25-19(16)8-15/h4-6,8-10,12-14H,7,11H2,1-3H3,(H2,21,23)/q+1. The normalized spacial score (nSPS) is 16.4. The van der Waals surface area contributed by atoms with Crippen LogP contribution >= 0.6 is 0 Å². The van der Waals surface area contributed by atoms with Crippen LogP contribution in [0.3, 0.4) is 0 Å². The van der Waals surface area contributed by atoms with Crippen molar-refractivity contribution in [3.8, 4) is 29.2 Å². The van der Waals surface area contributed by atoms with Gasteiger partial charge in [0.05, 0.1) is 0 Å². The third-order valence-corrected chi connectivity index (χ3v) is 4.34. The fourth-order valence-corrected chi connectivity index (χ4v) is 3.11. The summed E-state index contributed by atoms with van der Waals surface area (Å²) in [7, 11) is 0. The van der Waals surface area contributed by atoms with Gasteiger partial charge in [0.15, 0.2) is 6.61 Å². The summed E-state index contributed by atoms with van der Waals surface area (Å²) in [6.07, 6.45) is 2.59. The molecule has 1 aromatic carbocycles. The Kier molecular flexibility index (Phi) is 4.80. The molecule has 0 aliphatic carbocycles. The average Bonchev–Trinajstić information content (AvgIpc) is 2.58. The summed E-state index contributed by atoms with van der Waals surface area (Å²) in [5.41, 5.74) is 8.94. The van der Waals surface area contributed by atoms with Crippen molar-refractivity contribution in [1.82, 2.24) is 4.98 Å². The van der Waals surface area contributed by atoms with Crippen LogP contribution in [0.1, 0.15) is 38.9 Å². The molecule has 130 valence electrons. The summed E-state index contributed by atoms with van der Waals surface area (Å²) in [6, 6.07) is 7.71. The second-order valence-corrected chi connectivity index (χ2v) is 6.86. The van der Waals surface area contributed by atoms with Crippen molar-refractivity contribution < 1.29 is 9.47 Å². The number of ether oxygens (including phenoxy) is 2. The maximum atomic E-state index is 6.03. The molecule has 3 rings (SSSR count). The number of rotatable bonds is 5. The lowest BCUT2D eigenvalue weighted by Gasteiger charge is -2.26. The molecule has 5 heteroatoms. The van der Waals surface area contributed by atoms with Gasteiger partial charge in [-0.3, -0.25) is 0 Å². The van der Waals surface area contributed by atoms with Gasteiger partial charge in [0, 0.05) is 29.8 Å². The molecule has 25 heavy (non-hydrogen) atoms. The van der Waals surface area contributed by atoms with E-state index in [0.717, 1.165) is 34.6 Å². The molecule has 2 heterocycles. The molecule has 0 saturated carbocycles. The van der Waals surface area contributed by atoms with Gasteiger partial charge in [0.1, 0.15) is 23.4 Å². The molecule has 2 N–H and O–H groups in total. The van der Waals surface area contributed by atoms with E-state index in [1.54, 1.807) is 6.20 Å². The first kappa shape index (κ1) is 17.1. The van der Waals surface area contributed by atoms with Gasteiger partial charge in [-0.2, -0.15) is 0 Å². The summed E-state index contributed by atoms with van der Waals surface area (Å²) in [5.74, 6) is 2.55. The summed E-state index contributed by atoms with van der Waals surface area (Å²) >= 11 is 0. The van der Waals surface area contributed by atoms with Crippen molar-refractivity contribution in [3.63, 3.8) is 0 Å². The first-order valence-electron chi connectivity index (χ1n) is 8.57. The summed E-state index contributed by atoms with van der Waals surface area (Å²) < 4.78 is 11.9. The molecule has 1 aromatic heterocycles. The molecule has 2 atom stereocenters. The van der Waals surface area contributed by atoms with Gasteiger partial charge >= 0.3 is 6.04 Å². The quantitative estimate of drug-likeness (QED) is 0.869. The van der Waals surface area contributed by atoms with E-state index < -0.39 is 0 Å². The highest BCUT2D eigenvalue weighted by Gasteiger charge is 2.25. The Bertz CT molecular complexity index is 811. The van der Waals surface area contributed by atoms with Crippen LogP contribution in [-0.4, -0.2) is 17.6 Å². The van der Waals surface area contributed by atoms with Gasteiger partial charge in [-0.05, 0) is 36.6 Å². The van der Waals surface area contributed by atoms with Crippen LogP contribution in [0.15, 0.2) is 30.5 Å². The first-order valence-corrected chi connectivity index (χ1v) is 8.57. The molecule has 0 saturated heterocycles. The highest BCUT2D eigenvalue weighted by atomic mass is 16.5. The van der Waals surface area contributed by atoms with Crippen LogP contribution in [0.4, 0.5) is 5.82 Å². The zero-order chi connectivity index (χ0) is 18.0. The van der Waals surface area contributed by atoms with Gasteiger partial charge < -0.3 is 15.2 Å². The highest BCUT2D eigenvalue weighted by molar-refractivity contribution is 5.77. The predicted octanol–water partition coefficient (Wildman–Crippen LogP) is 4.54. The lowest BCUT2D eigenvalue weighted by molar-refractivity contribution is 0.220. The maximum Gasteiger partial charge on any atom is 0.305 e. The highest BCUT2D eigenvalue weighted by Crippen LogP contribution is 2.43. The SMILES string of the molecule is C#[N+]C(COc1ccc2c(c1)OC(C)c1cnc(N)cc1-2)CC(C)C. The minimum Gasteiger partial charge on any atom is -0.485 e. The number of anilines is 1. The van der Waals surface area contributed by atoms with E-state index in [0.29, 0.717) is 18.3 Å². The van der Waals surface area contributed by atoms with Crippen LogP contribution in [-0.2, 0) is 0 Å². The van der Waals surface area contributed by atoms with Crippen LogP contribution in [0, 0.1) is 12.5 Å². The molecule has 2 aromatic rings. The molecule has 0 amide bonds. The van der Waals surface area contributed by atoms with E-state index >= 15 is 0 Å². The Hall–Kier alpha value is -2.74. The van der Waals surface area contributed by atoms with Crippen molar-refractivity contribution in [3.05, 3.63) is 40.9 Å². The second-order valence-electron chi connectivity index (χ2n) is 6.86. The van der Waals surface area contributed by atoms with Gasteiger partial charge in [-0.25, -0.2) is 4.98 Å². The molecule has 0 bridgehead atoms. The van der Waals surface area contributed by atoms with E-state index in [1.165, 1.54) is 0 Å². The zero-order valence-electron chi connectivity index (χ0n) is 14.9. The summed E-state index contributed by atoms with van der Waals surface area (Å²) in [4.78, 5) is 8.07. The fraction of sp³-hybridized carbons (Fsp3) is 0.400. The third kappa shape index (κ3) is 3.69. The van der Waals surface area contributed by atoms with Crippen molar-refractivity contribution in [2.75, 3.05) is 12.3 Å². The molecule has 1 aliphatic rings. The van der Waals surface area contributed by atoms with Crippen molar-refractivity contribution >= 4 is 5.82 Å². The number of hydrogen-bond acceptors (Lipinski definition) is 4. The third-order valence-electron chi connectivity index (χ3n) is 4.34. The minimum absolute atomic E-state index is 0.0116. The van der Waals surface area contributed by atoms with Gasteiger partial charge in [-0.15, -0.1) is 0 Å². The predicted molar refractivity (Wildman–Crippen MR) is 100 cm³/mol. The van der Waals surface area contributed by atoms with Crippen molar-refractivity contribution in [2.45, 2.75) is 39.3 Å². The largest absolute Gasteiger partial charge is 0.485 e. The Morgan fingerprint density at radius 2 is 2.12 bits per heavy atom. The van der Waals surface area contributed by atoms with Gasteiger partial charge in [0.2, 0.25) is 0 Å². The lowest BCUT2D eigenvalue weighted by atomic mass is 9.95. The van der Waals surface area contributed by atoms with E-state index in [4.69, 9.17) is 21.8 Å².